The van der Waals surface area contributed by atoms with E-state index >= 15 is 0 Å². The molecule has 38 heavy (non-hydrogen) atoms. The highest BCUT2D eigenvalue weighted by Crippen LogP contribution is 2.36. The maximum atomic E-state index is 13.8. The van der Waals surface area contributed by atoms with Crippen LogP contribution in [0, 0.1) is 0 Å². The molecule has 0 saturated heterocycles. The minimum atomic E-state index is -0.805. The highest BCUT2D eigenvalue weighted by Gasteiger charge is 2.24. The molecule has 6 aromatic rings. The summed E-state index contributed by atoms with van der Waals surface area (Å²) < 4.78 is 13.9. The summed E-state index contributed by atoms with van der Waals surface area (Å²) in [5.41, 5.74) is 0.798. The fourth-order valence-electron chi connectivity index (χ4n) is 4.27. The van der Waals surface area contributed by atoms with Gasteiger partial charge in [0.15, 0.2) is 11.3 Å². The second-order valence-corrected chi connectivity index (χ2v) is 9.32. The van der Waals surface area contributed by atoms with Gasteiger partial charge in [0.1, 0.15) is 16.0 Å². The van der Waals surface area contributed by atoms with Crippen molar-refractivity contribution in [2.24, 2.45) is 0 Å². The number of rotatable bonds is 6. The molecule has 3 heterocycles. The van der Waals surface area contributed by atoms with Gasteiger partial charge in [0.25, 0.3) is 5.56 Å². The van der Waals surface area contributed by atoms with Crippen LogP contribution in [-0.4, -0.2) is 37.0 Å². The normalized spacial score (nSPS) is 11.3. The lowest BCUT2D eigenvalue weighted by molar-refractivity contribution is 0.414. The number of benzene rings is 3. The molecule has 188 valence electrons. The van der Waals surface area contributed by atoms with E-state index in [9.17, 15) is 14.7 Å². The summed E-state index contributed by atoms with van der Waals surface area (Å²) in [6.45, 7) is 0.229. The fourth-order valence-corrected chi connectivity index (χ4v) is 5.08. The SMILES string of the molecule is COc1ccc(Cn2c(=O)c3c(O)c(Sc4nnnn4-c4ccccc4)c(=O)oc3c3ccccc32)cc1. The third-order valence-corrected chi connectivity index (χ3v) is 7.09. The van der Waals surface area contributed by atoms with E-state index in [1.165, 1.54) is 4.68 Å². The minimum absolute atomic E-state index is 0.0195. The standard InChI is InChI=1S/C27H19N5O5S/c1-36-18-13-11-16(12-14-18)15-31-20-10-6-5-9-19(20)23-21(25(31)34)22(33)24(26(35)37-23)38-27-28-29-30-32(27)17-7-3-2-4-8-17/h2-14,33H,15H2,1H3. The summed E-state index contributed by atoms with van der Waals surface area (Å²) in [6.07, 6.45) is 0. The van der Waals surface area contributed by atoms with Crippen LogP contribution in [0.15, 0.2) is 103 Å². The van der Waals surface area contributed by atoms with Gasteiger partial charge in [0, 0.05) is 5.39 Å². The Hall–Kier alpha value is -4.90. The number of aromatic hydroxyl groups is 1. The predicted molar refractivity (Wildman–Crippen MR) is 141 cm³/mol. The van der Waals surface area contributed by atoms with Gasteiger partial charge in [-0.3, -0.25) is 4.79 Å². The molecule has 0 radical (unpaired) electrons. The van der Waals surface area contributed by atoms with Crippen molar-refractivity contribution in [3.05, 3.63) is 105 Å². The molecule has 10 nitrogen and oxygen atoms in total. The van der Waals surface area contributed by atoms with Crippen molar-refractivity contribution >= 4 is 33.6 Å². The summed E-state index contributed by atoms with van der Waals surface area (Å²) in [5, 5.41) is 23.6. The first kappa shape index (κ1) is 23.5. The highest BCUT2D eigenvalue weighted by atomic mass is 32.2. The quantitative estimate of drug-likeness (QED) is 0.321. The lowest BCUT2D eigenvalue weighted by atomic mass is 10.1. The van der Waals surface area contributed by atoms with E-state index in [4.69, 9.17) is 9.15 Å². The molecule has 0 aliphatic rings. The van der Waals surface area contributed by atoms with Gasteiger partial charge in [0.05, 0.1) is 24.9 Å². The van der Waals surface area contributed by atoms with E-state index in [2.05, 4.69) is 15.5 Å². The van der Waals surface area contributed by atoms with Gasteiger partial charge >= 0.3 is 5.63 Å². The van der Waals surface area contributed by atoms with E-state index in [1.54, 1.807) is 48.1 Å². The highest BCUT2D eigenvalue weighted by molar-refractivity contribution is 7.99. The van der Waals surface area contributed by atoms with Crippen molar-refractivity contribution in [3.63, 3.8) is 0 Å². The molecule has 0 aliphatic heterocycles. The maximum absolute atomic E-state index is 13.8. The van der Waals surface area contributed by atoms with E-state index in [0.29, 0.717) is 22.3 Å². The smallest absolute Gasteiger partial charge is 0.354 e. The molecule has 0 spiro atoms. The molecule has 11 heteroatoms. The number of methoxy groups -OCH3 is 1. The molecule has 0 aliphatic carbocycles. The molecular formula is C27H19N5O5S. The number of hydrogen-bond acceptors (Lipinski definition) is 9. The second-order valence-electron chi connectivity index (χ2n) is 8.34. The van der Waals surface area contributed by atoms with Gasteiger partial charge in [-0.1, -0.05) is 42.5 Å². The molecule has 0 saturated carbocycles. The number of aromatic nitrogens is 5. The van der Waals surface area contributed by atoms with E-state index in [-0.39, 0.29) is 27.6 Å². The molecule has 1 N–H and O–H groups in total. The van der Waals surface area contributed by atoms with Crippen molar-refractivity contribution in [2.45, 2.75) is 16.6 Å². The molecular weight excluding hydrogens is 506 g/mol. The minimum Gasteiger partial charge on any atom is -0.505 e. The van der Waals surface area contributed by atoms with Crippen molar-refractivity contribution in [3.8, 4) is 17.2 Å². The van der Waals surface area contributed by atoms with Crippen molar-refractivity contribution in [1.82, 2.24) is 24.8 Å². The van der Waals surface area contributed by atoms with Crippen LogP contribution in [-0.2, 0) is 6.54 Å². The zero-order chi connectivity index (χ0) is 26.2. The van der Waals surface area contributed by atoms with Crippen molar-refractivity contribution in [1.29, 1.82) is 0 Å². The average Bonchev–Trinajstić information content (AvgIpc) is 3.42. The lowest BCUT2D eigenvalue weighted by Gasteiger charge is -2.14. The number of nitrogens with zero attached hydrogens (tertiary/aromatic N) is 5. The number of fused-ring (bicyclic) bond motifs is 3. The summed E-state index contributed by atoms with van der Waals surface area (Å²) in [4.78, 5) is 26.7. The summed E-state index contributed by atoms with van der Waals surface area (Å²) in [7, 11) is 1.58. The number of hydrogen-bond donors (Lipinski definition) is 1. The van der Waals surface area contributed by atoms with Crippen LogP contribution in [0.5, 0.6) is 11.5 Å². The average molecular weight is 526 g/mol. The van der Waals surface area contributed by atoms with Crippen LogP contribution >= 0.6 is 11.8 Å². The summed E-state index contributed by atoms with van der Waals surface area (Å²) in [5.74, 6) is 0.214. The molecule has 0 unspecified atom stereocenters. The van der Waals surface area contributed by atoms with Crippen LogP contribution < -0.4 is 15.9 Å². The molecule has 0 bridgehead atoms. The Balaban J connectivity index is 1.53. The predicted octanol–water partition coefficient (Wildman–Crippen LogP) is 4.00. The lowest BCUT2D eigenvalue weighted by Crippen LogP contribution is -2.22. The van der Waals surface area contributed by atoms with Crippen molar-refractivity contribution < 1.29 is 14.3 Å². The van der Waals surface area contributed by atoms with E-state index < -0.39 is 16.9 Å². The van der Waals surface area contributed by atoms with Gasteiger partial charge in [-0.2, -0.15) is 4.68 Å². The zero-order valence-corrected chi connectivity index (χ0v) is 20.8. The van der Waals surface area contributed by atoms with Gasteiger partial charge in [-0.25, -0.2) is 4.79 Å². The van der Waals surface area contributed by atoms with Crippen LogP contribution in [0.1, 0.15) is 5.56 Å². The van der Waals surface area contributed by atoms with Gasteiger partial charge in [-0.05, 0) is 64.2 Å². The first-order chi connectivity index (χ1) is 18.5. The molecule has 0 amide bonds. The second kappa shape index (κ2) is 9.52. The van der Waals surface area contributed by atoms with Crippen LogP contribution in [0.25, 0.3) is 27.6 Å². The van der Waals surface area contributed by atoms with Gasteiger partial charge in [-0.15, -0.1) is 5.10 Å². The third-order valence-electron chi connectivity index (χ3n) is 6.09. The summed E-state index contributed by atoms with van der Waals surface area (Å²) in [6, 6.07) is 23.5. The fraction of sp³-hybridized carbons (Fsp3) is 0.0741. The number of tetrazole rings is 1. The van der Waals surface area contributed by atoms with Crippen LogP contribution in [0.3, 0.4) is 0 Å². The molecule has 0 atom stereocenters. The first-order valence-electron chi connectivity index (χ1n) is 11.5. The van der Waals surface area contributed by atoms with Gasteiger partial charge in [0.2, 0.25) is 5.16 Å². The Labute approximate surface area is 218 Å². The number of para-hydroxylation sites is 2. The Bertz CT molecular complexity index is 1910. The zero-order valence-electron chi connectivity index (χ0n) is 19.9. The number of pyridine rings is 1. The monoisotopic (exact) mass is 525 g/mol. The molecule has 0 fully saturated rings. The first-order valence-corrected chi connectivity index (χ1v) is 12.3. The molecule has 3 aromatic heterocycles. The topological polar surface area (TPSA) is 125 Å². The molecule has 6 rings (SSSR count). The Kier molecular flexibility index (Phi) is 5.89. The van der Waals surface area contributed by atoms with Gasteiger partial charge < -0.3 is 18.8 Å². The maximum Gasteiger partial charge on any atom is 0.354 e. The van der Waals surface area contributed by atoms with Crippen molar-refractivity contribution in [2.75, 3.05) is 7.11 Å². The summed E-state index contributed by atoms with van der Waals surface area (Å²) >= 11 is 0.820. The van der Waals surface area contributed by atoms with E-state index in [0.717, 1.165) is 17.3 Å². The van der Waals surface area contributed by atoms with Crippen LogP contribution in [0.2, 0.25) is 0 Å². The van der Waals surface area contributed by atoms with Crippen LogP contribution in [0.4, 0.5) is 0 Å². The molecule has 3 aromatic carbocycles. The Morgan fingerprint density at radius 3 is 2.47 bits per heavy atom. The Morgan fingerprint density at radius 1 is 0.974 bits per heavy atom. The third kappa shape index (κ3) is 3.98. The largest absolute Gasteiger partial charge is 0.505 e. The number of ether oxygens (including phenoxy) is 1. The Morgan fingerprint density at radius 2 is 1.71 bits per heavy atom. The van der Waals surface area contributed by atoms with E-state index in [1.807, 2.05) is 42.5 Å².